The van der Waals surface area contributed by atoms with Gasteiger partial charge in [-0.05, 0) is 48.2 Å². The second kappa shape index (κ2) is 7.84. The minimum absolute atomic E-state index is 0.0126. The molecule has 1 aliphatic heterocycles. The van der Waals surface area contributed by atoms with E-state index >= 15 is 0 Å². The molecule has 3 aromatic carbocycles. The van der Waals surface area contributed by atoms with Gasteiger partial charge in [0, 0.05) is 18.2 Å². The quantitative estimate of drug-likeness (QED) is 0.570. The van der Waals surface area contributed by atoms with E-state index in [1.165, 1.54) is 4.90 Å². The SMILES string of the molecule is O=C1c2ccccc2C(=O)N1Cc1ccc(C(=O)N(Cc2ccccc2)C2CC2)cc1. The van der Waals surface area contributed by atoms with Gasteiger partial charge in [-0.15, -0.1) is 0 Å². The second-order valence-electron chi connectivity index (χ2n) is 8.09. The third-order valence-corrected chi connectivity index (χ3v) is 5.86. The van der Waals surface area contributed by atoms with Crippen LogP contribution >= 0.6 is 0 Å². The molecule has 3 aromatic rings. The average Bonchev–Trinajstić information content (AvgIpc) is 3.63. The van der Waals surface area contributed by atoms with Gasteiger partial charge in [-0.3, -0.25) is 19.3 Å². The summed E-state index contributed by atoms with van der Waals surface area (Å²) in [7, 11) is 0. The summed E-state index contributed by atoms with van der Waals surface area (Å²) in [4.78, 5) is 41.5. The van der Waals surface area contributed by atoms with Crippen molar-refractivity contribution in [1.29, 1.82) is 0 Å². The molecule has 31 heavy (non-hydrogen) atoms. The Morgan fingerprint density at radius 1 is 0.774 bits per heavy atom. The normalized spacial score (nSPS) is 15.2. The molecular weight excluding hydrogens is 388 g/mol. The standard InChI is InChI=1S/C26H22N2O3/c29-24(27(21-14-15-21)16-18-6-2-1-3-7-18)20-12-10-19(11-13-20)17-28-25(30)22-8-4-5-9-23(22)26(28)31/h1-13,21H,14-17H2. The summed E-state index contributed by atoms with van der Waals surface area (Å²) in [6.07, 6.45) is 2.08. The molecule has 1 fully saturated rings. The van der Waals surface area contributed by atoms with E-state index in [1.54, 1.807) is 36.4 Å². The molecule has 0 spiro atoms. The van der Waals surface area contributed by atoms with Gasteiger partial charge < -0.3 is 4.90 Å². The fourth-order valence-corrected chi connectivity index (χ4v) is 4.02. The van der Waals surface area contributed by atoms with Gasteiger partial charge in [0.25, 0.3) is 17.7 Å². The Kier molecular flexibility index (Phi) is 4.86. The first kappa shape index (κ1) is 19.2. The smallest absolute Gasteiger partial charge is 0.261 e. The third-order valence-electron chi connectivity index (χ3n) is 5.86. The molecule has 0 N–H and O–H groups in total. The lowest BCUT2D eigenvalue weighted by Gasteiger charge is -2.23. The van der Waals surface area contributed by atoms with E-state index in [0.717, 1.165) is 24.0 Å². The molecule has 5 nitrogen and oxygen atoms in total. The zero-order valence-electron chi connectivity index (χ0n) is 17.0. The number of carbonyl (C=O) groups excluding carboxylic acids is 3. The number of imide groups is 1. The predicted molar refractivity (Wildman–Crippen MR) is 116 cm³/mol. The van der Waals surface area contributed by atoms with Crippen LogP contribution in [0.3, 0.4) is 0 Å². The summed E-state index contributed by atoms with van der Waals surface area (Å²) in [5.41, 5.74) is 3.44. The van der Waals surface area contributed by atoms with Gasteiger partial charge in [0.05, 0.1) is 17.7 Å². The summed E-state index contributed by atoms with van der Waals surface area (Å²) < 4.78 is 0. The highest BCUT2D eigenvalue weighted by Crippen LogP contribution is 2.30. The van der Waals surface area contributed by atoms with Gasteiger partial charge in [0.15, 0.2) is 0 Å². The number of hydrogen-bond donors (Lipinski definition) is 0. The largest absolute Gasteiger partial charge is 0.331 e. The van der Waals surface area contributed by atoms with E-state index in [-0.39, 0.29) is 24.3 Å². The lowest BCUT2D eigenvalue weighted by Crippen LogP contribution is -2.32. The van der Waals surface area contributed by atoms with Crippen molar-refractivity contribution in [3.63, 3.8) is 0 Å². The maximum atomic E-state index is 13.1. The Labute approximate surface area is 180 Å². The molecule has 154 valence electrons. The van der Waals surface area contributed by atoms with Crippen LogP contribution in [0.4, 0.5) is 0 Å². The molecule has 0 radical (unpaired) electrons. The zero-order valence-corrected chi connectivity index (χ0v) is 17.0. The monoisotopic (exact) mass is 410 g/mol. The predicted octanol–water partition coefficient (Wildman–Crippen LogP) is 4.29. The summed E-state index contributed by atoms with van der Waals surface area (Å²) in [6, 6.07) is 24.4. The maximum Gasteiger partial charge on any atom is 0.261 e. The molecule has 0 bridgehead atoms. The number of nitrogens with zero attached hydrogens (tertiary/aromatic N) is 2. The second-order valence-corrected chi connectivity index (χ2v) is 8.09. The number of carbonyl (C=O) groups is 3. The van der Waals surface area contributed by atoms with E-state index in [9.17, 15) is 14.4 Å². The molecule has 0 unspecified atom stereocenters. The van der Waals surface area contributed by atoms with Crippen LogP contribution < -0.4 is 0 Å². The molecule has 3 amide bonds. The number of amides is 3. The summed E-state index contributed by atoms with van der Waals surface area (Å²) in [5, 5.41) is 0. The first-order chi connectivity index (χ1) is 15.1. The van der Waals surface area contributed by atoms with E-state index in [4.69, 9.17) is 0 Å². The van der Waals surface area contributed by atoms with Crippen molar-refractivity contribution in [2.45, 2.75) is 32.0 Å². The van der Waals surface area contributed by atoms with Crippen molar-refractivity contribution in [1.82, 2.24) is 9.80 Å². The lowest BCUT2D eigenvalue weighted by atomic mass is 10.1. The van der Waals surface area contributed by atoms with Crippen LogP contribution in [0.5, 0.6) is 0 Å². The van der Waals surface area contributed by atoms with Gasteiger partial charge in [-0.1, -0.05) is 54.6 Å². The molecule has 2 aliphatic rings. The highest BCUT2D eigenvalue weighted by molar-refractivity contribution is 6.21. The molecule has 1 saturated carbocycles. The number of hydrogen-bond acceptors (Lipinski definition) is 3. The minimum Gasteiger partial charge on any atom is -0.331 e. The Hall–Kier alpha value is -3.73. The Balaban J connectivity index is 1.30. The van der Waals surface area contributed by atoms with Crippen molar-refractivity contribution >= 4 is 17.7 Å². The molecule has 1 heterocycles. The van der Waals surface area contributed by atoms with Gasteiger partial charge in [-0.2, -0.15) is 0 Å². The highest BCUT2D eigenvalue weighted by atomic mass is 16.2. The third kappa shape index (κ3) is 3.75. The zero-order chi connectivity index (χ0) is 21.4. The molecule has 5 rings (SSSR count). The number of rotatable bonds is 6. The lowest BCUT2D eigenvalue weighted by molar-refractivity contribution is 0.0640. The molecule has 0 aromatic heterocycles. The van der Waals surface area contributed by atoms with E-state index in [0.29, 0.717) is 29.3 Å². The van der Waals surface area contributed by atoms with Crippen LogP contribution in [0, 0.1) is 0 Å². The van der Waals surface area contributed by atoms with Crippen molar-refractivity contribution in [3.05, 3.63) is 107 Å². The minimum atomic E-state index is -0.275. The molecule has 0 saturated heterocycles. The van der Waals surface area contributed by atoms with E-state index < -0.39 is 0 Å². The van der Waals surface area contributed by atoms with Crippen LogP contribution in [0.1, 0.15) is 55.0 Å². The topological polar surface area (TPSA) is 57.7 Å². The molecule has 1 aliphatic carbocycles. The molecule has 0 atom stereocenters. The molecular formula is C26H22N2O3. The summed E-state index contributed by atoms with van der Waals surface area (Å²) in [6.45, 7) is 0.790. The van der Waals surface area contributed by atoms with Gasteiger partial charge >= 0.3 is 0 Å². The van der Waals surface area contributed by atoms with Gasteiger partial charge in [0.1, 0.15) is 0 Å². The number of benzene rings is 3. The fraction of sp³-hybridized carbons (Fsp3) is 0.192. The van der Waals surface area contributed by atoms with Gasteiger partial charge in [-0.25, -0.2) is 0 Å². The average molecular weight is 410 g/mol. The van der Waals surface area contributed by atoms with Crippen LogP contribution in [-0.2, 0) is 13.1 Å². The first-order valence-electron chi connectivity index (χ1n) is 10.5. The number of fused-ring (bicyclic) bond motifs is 1. The van der Waals surface area contributed by atoms with Crippen LogP contribution in [0.15, 0.2) is 78.9 Å². The van der Waals surface area contributed by atoms with E-state index in [2.05, 4.69) is 0 Å². The van der Waals surface area contributed by atoms with Crippen molar-refractivity contribution in [3.8, 4) is 0 Å². The summed E-state index contributed by atoms with van der Waals surface area (Å²) >= 11 is 0. The van der Waals surface area contributed by atoms with Crippen LogP contribution in [0.25, 0.3) is 0 Å². The maximum absolute atomic E-state index is 13.1. The highest BCUT2D eigenvalue weighted by Gasteiger charge is 2.35. The van der Waals surface area contributed by atoms with Crippen molar-refractivity contribution in [2.24, 2.45) is 0 Å². The Bertz CT molecular complexity index is 1120. The van der Waals surface area contributed by atoms with Crippen LogP contribution in [-0.4, -0.2) is 33.6 Å². The fourth-order valence-electron chi connectivity index (χ4n) is 4.02. The van der Waals surface area contributed by atoms with Gasteiger partial charge in [0.2, 0.25) is 0 Å². The van der Waals surface area contributed by atoms with Crippen molar-refractivity contribution in [2.75, 3.05) is 0 Å². The van der Waals surface area contributed by atoms with E-state index in [1.807, 2.05) is 47.4 Å². The molecule has 5 heteroatoms. The van der Waals surface area contributed by atoms with Crippen molar-refractivity contribution < 1.29 is 14.4 Å². The Morgan fingerprint density at radius 2 is 1.35 bits per heavy atom. The van der Waals surface area contributed by atoms with Crippen LogP contribution in [0.2, 0.25) is 0 Å². The first-order valence-corrected chi connectivity index (χ1v) is 10.5. The Morgan fingerprint density at radius 3 is 1.94 bits per heavy atom. The summed E-state index contributed by atoms with van der Waals surface area (Å²) in [5.74, 6) is -0.536.